The van der Waals surface area contributed by atoms with Crippen LogP contribution in [0, 0.1) is 3.57 Å². The molecule has 1 amide bonds. The van der Waals surface area contributed by atoms with Crippen LogP contribution >= 0.6 is 22.6 Å². The highest BCUT2D eigenvalue weighted by Crippen LogP contribution is 2.28. The maximum absolute atomic E-state index is 10.8. The molecule has 0 unspecified atom stereocenters. The van der Waals surface area contributed by atoms with E-state index < -0.39 is 0 Å². The fraction of sp³-hybridized carbons (Fsp3) is 0.308. The molecule has 18 heavy (non-hydrogen) atoms. The summed E-state index contributed by atoms with van der Waals surface area (Å²) in [6, 6.07) is 4.10. The fourth-order valence-corrected chi connectivity index (χ4v) is 2.60. The number of aromatic nitrogens is 1. The van der Waals surface area contributed by atoms with Crippen molar-refractivity contribution < 1.29 is 9.53 Å². The van der Waals surface area contributed by atoms with Crippen LogP contribution in [0.4, 0.5) is 0 Å². The molecule has 5 heteroatoms. The summed E-state index contributed by atoms with van der Waals surface area (Å²) >= 11 is 2.25. The summed E-state index contributed by atoms with van der Waals surface area (Å²) in [4.78, 5) is 14.1. The first-order chi connectivity index (χ1) is 8.61. The third-order valence-corrected chi connectivity index (χ3v) is 3.65. The SMILES string of the molecule is COc1cc2c(CCNC(C)=O)c[nH]c2cc1I. The molecule has 0 radical (unpaired) electrons. The van der Waals surface area contributed by atoms with Crippen molar-refractivity contribution in [1.29, 1.82) is 0 Å². The smallest absolute Gasteiger partial charge is 0.216 e. The molecular formula is C13H15IN2O2. The quantitative estimate of drug-likeness (QED) is 0.825. The maximum atomic E-state index is 10.8. The standard InChI is InChI=1S/C13H15IN2O2/c1-8(17)15-4-3-9-7-16-12-6-11(14)13(18-2)5-10(9)12/h5-7,16H,3-4H2,1-2H3,(H,15,17). The normalized spacial score (nSPS) is 10.6. The lowest BCUT2D eigenvalue weighted by molar-refractivity contribution is -0.118. The first-order valence-corrected chi connectivity index (χ1v) is 6.77. The van der Waals surface area contributed by atoms with E-state index in [0.29, 0.717) is 6.54 Å². The number of hydrogen-bond acceptors (Lipinski definition) is 2. The van der Waals surface area contributed by atoms with Gasteiger partial charge in [0.25, 0.3) is 0 Å². The summed E-state index contributed by atoms with van der Waals surface area (Å²) in [5.74, 6) is 0.880. The number of fused-ring (bicyclic) bond motifs is 1. The minimum absolute atomic E-state index is 0.00182. The molecule has 0 aliphatic heterocycles. The predicted molar refractivity (Wildman–Crippen MR) is 80.0 cm³/mol. The number of aromatic amines is 1. The predicted octanol–water partition coefficient (Wildman–Crippen LogP) is 2.46. The van der Waals surface area contributed by atoms with Crippen molar-refractivity contribution in [3.05, 3.63) is 27.5 Å². The Morgan fingerprint density at radius 1 is 1.50 bits per heavy atom. The molecular weight excluding hydrogens is 343 g/mol. The number of halogens is 1. The molecule has 0 aliphatic carbocycles. The molecule has 0 spiro atoms. The van der Waals surface area contributed by atoms with E-state index in [4.69, 9.17) is 4.74 Å². The van der Waals surface area contributed by atoms with Gasteiger partial charge in [0.1, 0.15) is 5.75 Å². The van der Waals surface area contributed by atoms with Crippen molar-refractivity contribution in [2.24, 2.45) is 0 Å². The van der Waals surface area contributed by atoms with E-state index in [2.05, 4.69) is 39.0 Å². The zero-order valence-electron chi connectivity index (χ0n) is 10.3. The van der Waals surface area contributed by atoms with Crippen LogP contribution in [-0.4, -0.2) is 24.5 Å². The number of nitrogens with one attached hydrogen (secondary N) is 2. The van der Waals surface area contributed by atoms with Crippen LogP contribution in [0.15, 0.2) is 18.3 Å². The van der Waals surface area contributed by atoms with Crippen LogP contribution in [0.1, 0.15) is 12.5 Å². The molecule has 2 rings (SSSR count). The number of carbonyl (C=O) groups is 1. The van der Waals surface area contributed by atoms with Gasteiger partial charge in [-0.05, 0) is 46.7 Å². The second-order valence-corrected chi connectivity index (χ2v) is 5.24. The summed E-state index contributed by atoms with van der Waals surface area (Å²) in [6.07, 6.45) is 2.80. The lowest BCUT2D eigenvalue weighted by Crippen LogP contribution is -2.22. The average molecular weight is 358 g/mol. The van der Waals surface area contributed by atoms with Gasteiger partial charge in [-0.3, -0.25) is 4.79 Å². The largest absolute Gasteiger partial charge is 0.496 e. The van der Waals surface area contributed by atoms with Crippen molar-refractivity contribution in [3.8, 4) is 5.75 Å². The van der Waals surface area contributed by atoms with E-state index >= 15 is 0 Å². The molecule has 0 saturated heterocycles. The van der Waals surface area contributed by atoms with Gasteiger partial charge in [-0.1, -0.05) is 0 Å². The molecule has 0 bridgehead atoms. The van der Waals surface area contributed by atoms with Gasteiger partial charge in [-0.15, -0.1) is 0 Å². The lowest BCUT2D eigenvalue weighted by atomic mass is 10.1. The third kappa shape index (κ3) is 2.77. The van der Waals surface area contributed by atoms with Crippen LogP contribution in [0.3, 0.4) is 0 Å². The molecule has 0 saturated carbocycles. The maximum Gasteiger partial charge on any atom is 0.216 e. The Labute approximate surface area is 119 Å². The van der Waals surface area contributed by atoms with Crippen LogP contribution < -0.4 is 10.1 Å². The number of carbonyl (C=O) groups excluding carboxylic acids is 1. The lowest BCUT2D eigenvalue weighted by Gasteiger charge is -2.05. The highest BCUT2D eigenvalue weighted by molar-refractivity contribution is 14.1. The van der Waals surface area contributed by atoms with Gasteiger partial charge in [-0.25, -0.2) is 0 Å². The minimum Gasteiger partial charge on any atom is -0.496 e. The van der Waals surface area contributed by atoms with Crippen molar-refractivity contribution in [2.75, 3.05) is 13.7 Å². The molecule has 1 aromatic carbocycles. The van der Waals surface area contributed by atoms with Crippen molar-refractivity contribution in [1.82, 2.24) is 10.3 Å². The van der Waals surface area contributed by atoms with E-state index in [1.54, 1.807) is 7.11 Å². The van der Waals surface area contributed by atoms with Crippen LogP contribution in [0.5, 0.6) is 5.75 Å². The number of hydrogen-bond donors (Lipinski definition) is 2. The van der Waals surface area contributed by atoms with Crippen molar-refractivity contribution in [3.63, 3.8) is 0 Å². The Morgan fingerprint density at radius 2 is 2.28 bits per heavy atom. The van der Waals surface area contributed by atoms with Gasteiger partial charge in [0.15, 0.2) is 0 Å². The third-order valence-electron chi connectivity index (χ3n) is 2.81. The zero-order valence-corrected chi connectivity index (χ0v) is 12.5. The Morgan fingerprint density at radius 3 is 2.94 bits per heavy atom. The summed E-state index contributed by atoms with van der Waals surface area (Å²) < 4.78 is 6.41. The van der Waals surface area contributed by atoms with Gasteiger partial charge < -0.3 is 15.0 Å². The van der Waals surface area contributed by atoms with Crippen molar-refractivity contribution >= 4 is 39.4 Å². The number of ether oxygens (including phenoxy) is 1. The number of H-pyrrole nitrogens is 1. The molecule has 4 nitrogen and oxygen atoms in total. The molecule has 0 atom stereocenters. The molecule has 1 aromatic heterocycles. The van der Waals surface area contributed by atoms with Crippen LogP contribution in [0.25, 0.3) is 10.9 Å². The van der Waals surface area contributed by atoms with Gasteiger partial charge in [0, 0.05) is 30.6 Å². The van der Waals surface area contributed by atoms with Crippen LogP contribution in [-0.2, 0) is 11.2 Å². The minimum atomic E-state index is 0.00182. The first kappa shape index (κ1) is 13.2. The fourth-order valence-electron chi connectivity index (χ4n) is 1.92. The average Bonchev–Trinajstić information content (AvgIpc) is 2.70. The van der Waals surface area contributed by atoms with Gasteiger partial charge >= 0.3 is 0 Å². The number of methoxy groups -OCH3 is 1. The van der Waals surface area contributed by atoms with Crippen molar-refractivity contribution in [2.45, 2.75) is 13.3 Å². The van der Waals surface area contributed by atoms with Crippen LogP contribution in [0.2, 0.25) is 0 Å². The molecule has 2 aromatic rings. The second-order valence-electron chi connectivity index (χ2n) is 4.08. The molecule has 96 valence electrons. The Hall–Kier alpha value is -1.24. The second kappa shape index (κ2) is 5.60. The van der Waals surface area contributed by atoms with Gasteiger partial charge in [0.2, 0.25) is 5.91 Å². The number of rotatable bonds is 4. The summed E-state index contributed by atoms with van der Waals surface area (Å²) in [5.41, 5.74) is 2.28. The molecule has 0 aliphatic rings. The summed E-state index contributed by atoms with van der Waals surface area (Å²) in [7, 11) is 1.67. The highest BCUT2D eigenvalue weighted by atomic mass is 127. The van der Waals surface area contributed by atoms with E-state index in [0.717, 1.165) is 26.6 Å². The zero-order chi connectivity index (χ0) is 13.1. The highest BCUT2D eigenvalue weighted by Gasteiger charge is 2.08. The number of amides is 1. The first-order valence-electron chi connectivity index (χ1n) is 5.69. The Balaban J connectivity index is 2.26. The molecule has 0 fully saturated rings. The van der Waals surface area contributed by atoms with E-state index in [-0.39, 0.29) is 5.91 Å². The monoisotopic (exact) mass is 358 g/mol. The summed E-state index contributed by atoms with van der Waals surface area (Å²) in [6.45, 7) is 2.18. The van der Waals surface area contributed by atoms with E-state index in [1.807, 2.05) is 12.3 Å². The molecule has 2 N–H and O–H groups in total. The number of benzene rings is 1. The van der Waals surface area contributed by atoms with E-state index in [9.17, 15) is 4.79 Å². The Bertz CT molecular complexity index is 578. The summed E-state index contributed by atoms with van der Waals surface area (Å²) in [5, 5.41) is 3.95. The van der Waals surface area contributed by atoms with Gasteiger partial charge in [0.05, 0.1) is 10.7 Å². The topological polar surface area (TPSA) is 54.1 Å². The Kier molecular flexibility index (Phi) is 4.11. The molecule has 1 heterocycles. The van der Waals surface area contributed by atoms with E-state index in [1.165, 1.54) is 12.5 Å². The van der Waals surface area contributed by atoms with Gasteiger partial charge in [-0.2, -0.15) is 0 Å².